The Morgan fingerprint density at radius 3 is 2.89 bits per heavy atom. The molecular formula is C18H13FN6O2. The van der Waals surface area contributed by atoms with Crippen LogP contribution < -0.4 is 10.9 Å². The van der Waals surface area contributed by atoms with E-state index >= 15 is 0 Å². The minimum atomic E-state index is -0.499. The first-order chi connectivity index (χ1) is 13.1. The van der Waals surface area contributed by atoms with E-state index in [4.69, 9.17) is 0 Å². The molecule has 0 atom stereocenters. The van der Waals surface area contributed by atoms with E-state index in [0.717, 1.165) is 6.20 Å². The van der Waals surface area contributed by atoms with E-state index in [1.165, 1.54) is 22.7 Å². The van der Waals surface area contributed by atoms with Gasteiger partial charge in [0.25, 0.3) is 5.56 Å². The molecule has 0 aliphatic heterocycles. The number of rotatable bonds is 4. The lowest BCUT2D eigenvalue weighted by Crippen LogP contribution is -2.25. The predicted molar refractivity (Wildman–Crippen MR) is 97.7 cm³/mol. The van der Waals surface area contributed by atoms with E-state index < -0.39 is 11.7 Å². The lowest BCUT2D eigenvalue weighted by atomic mass is 10.3. The van der Waals surface area contributed by atoms with Gasteiger partial charge in [0, 0.05) is 12.3 Å². The van der Waals surface area contributed by atoms with Crippen molar-refractivity contribution >= 4 is 34.5 Å². The van der Waals surface area contributed by atoms with Gasteiger partial charge in [-0.05, 0) is 30.3 Å². The molecule has 8 nitrogen and oxygen atoms in total. The normalized spacial score (nSPS) is 11.0. The first kappa shape index (κ1) is 16.6. The predicted octanol–water partition coefficient (Wildman–Crippen LogP) is 1.86. The molecule has 134 valence electrons. The highest BCUT2D eigenvalue weighted by molar-refractivity contribution is 5.91. The van der Waals surface area contributed by atoms with E-state index in [0.29, 0.717) is 22.4 Å². The number of nitrogens with zero attached hydrogens (tertiary/aromatic N) is 5. The Morgan fingerprint density at radius 1 is 1.30 bits per heavy atom. The van der Waals surface area contributed by atoms with E-state index in [-0.39, 0.29) is 17.9 Å². The van der Waals surface area contributed by atoms with Crippen molar-refractivity contribution in [1.82, 2.24) is 24.1 Å². The molecule has 0 saturated carbocycles. The minimum Gasteiger partial charge on any atom is -0.309 e. The number of amides is 1. The fourth-order valence-corrected chi connectivity index (χ4v) is 2.76. The molecule has 0 spiro atoms. The van der Waals surface area contributed by atoms with Crippen molar-refractivity contribution in [1.29, 1.82) is 0 Å². The first-order valence-electron chi connectivity index (χ1n) is 7.98. The molecule has 0 fully saturated rings. The van der Waals surface area contributed by atoms with Gasteiger partial charge in [-0.15, -0.1) is 0 Å². The molecule has 0 aliphatic rings. The van der Waals surface area contributed by atoms with Crippen molar-refractivity contribution in [3.8, 4) is 0 Å². The van der Waals surface area contributed by atoms with Crippen LogP contribution >= 0.6 is 0 Å². The highest BCUT2D eigenvalue weighted by Gasteiger charge is 2.16. The van der Waals surface area contributed by atoms with Crippen LogP contribution in [0.4, 0.5) is 10.2 Å². The highest BCUT2D eigenvalue weighted by atomic mass is 19.1. The van der Waals surface area contributed by atoms with Crippen molar-refractivity contribution in [2.75, 3.05) is 5.32 Å². The van der Waals surface area contributed by atoms with E-state index in [9.17, 15) is 14.0 Å². The fraction of sp³-hybridized carbons (Fsp3) is 0.0556. The largest absolute Gasteiger partial charge is 0.309 e. The summed E-state index contributed by atoms with van der Waals surface area (Å²) in [6, 6.07) is 7.46. The van der Waals surface area contributed by atoms with Gasteiger partial charge < -0.3 is 9.88 Å². The quantitative estimate of drug-likeness (QED) is 0.596. The average molecular weight is 364 g/mol. The summed E-state index contributed by atoms with van der Waals surface area (Å²) in [5.41, 5.74) is 0.922. The Hall–Kier alpha value is -3.88. The smallest absolute Gasteiger partial charge is 0.283 e. The number of hydrogen-bond acceptors (Lipinski definition) is 5. The Bertz CT molecular complexity index is 1240. The number of pyridine rings is 2. The lowest BCUT2D eigenvalue weighted by molar-refractivity contribution is -0.116. The van der Waals surface area contributed by atoms with Gasteiger partial charge in [-0.2, -0.15) is 9.61 Å². The molecule has 4 aromatic heterocycles. The average Bonchev–Trinajstić information content (AvgIpc) is 3.12. The maximum atomic E-state index is 13.0. The van der Waals surface area contributed by atoms with Gasteiger partial charge >= 0.3 is 0 Å². The topological polar surface area (TPSA) is 94.2 Å². The van der Waals surface area contributed by atoms with Crippen molar-refractivity contribution in [2.45, 2.75) is 6.54 Å². The summed E-state index contributed by atoms with van der Waals surface area (Å²) >= 11 is 0. The van der Waals surface area contributed by atoms with Crippen molar-refractivity contribution in [3.05, 3.63) is 71.2 Å². The van der Waals surface area contributed by atoms with Gasteiger partial charge in [-0.1, -0.05) is 6.58 Å². The second kappa shape index (κ2) is 6.45. The molecule has 0 aromatic carbocycles. The Labute approximate surface area is 151 Å². The molecule has 4 heterocycles. The van der Waals surface area contributed by atoms with Crippen molar-refractivity contribution in [3.63, 3.8) is 0 Å². The van der Waals surface area contributed by atoms with Crippen LogP contribution in [0, 0.1) is 5.82 Å². The van der Waals surface area contributed by atoms with Gasteiger partial charge in [0.15, 0.2) is 0 Å². The molecule has 0 unspecified atom stereocenters. The van der Waals surface area contributed by atoms with Crippen LogP contribution in [0.15, 0.2) is 54.1 Å². The van der Waals surface area contributed by atoms with Crippen LogP contribution in [-0.2, 0) is 11.3 Å². The summed E-state index contributed by atoms with van der Waals surface area (Å²) in [6.45, 7) is 3.52. The van der Waals surface area contributed by atoms with Crippen LogP contribution in [0.2, 0.25) is 0 Å². The second-order valence-corrected chi connectivity index (χ2v) is 5.72. The van der Waals surface area contributed by atoms with Crippen molar-refractivity contribution < 1.29 is 9.18 Å². The molecule has 0 bridgehead atoms. The van der Waals surface area contributed by atoms with Crippen LogP contribution in [0.5, 0.6) is 0 Å². The number of anilines is 1. The number of nitrogens with one attached hydrogen (secondary N) is 1. The summed E-state index contributed by atoms with van der Waals surface area (Å²) in [7, 11) is 0. The SMILES string of the molecule is C=Cc1cc2n(CC(=O)Nc3ccc(F)cn3)c3ncccc3c(=O)n2n1. The summed E-state index contributed by atoms with van der Waals surface area (Å²) < 4.78 is 15.8. The molecule has 1 N–H and O–H groups in total. The minimum absolute atomic E-state index is 0.140. The standard InChI is InChI=1S/C18H13FN6O2/c1-2-12-8-16-24(10-15(26)22-14-6-5-11(19)9-21-14)17-13(4-3-7-20-17)18(27)25(16)23-12/h2-9H,1,10H2,(H,21,22,26). The van der Waals surface area contributed by atoms with Crippen LogP contribution in [0.25, 0.3) is 22.8 Å². The van der Waals surface area contributed by atoms with Gasteiger partial charge in [-0.3, -0.25) is 9.59 Å². The fourth-order valence-electron chi connectivity index (χ4n) is 2.76. The first-order valence-corrected chi connectivity index (χ1v) is 7.98. The molecule has 0 saturated heterocycles. The number of fused-ring (bicyclic) bond motifs is 2. The molecule has 0 aliphatic carbocycles. The maximum Gasteiger partial charge on any atom is 0.283 e. The van der Waals surface area contributed by atoms with E-state index in [1.807, 2.05) is 0 Å². The monoisotopic (exact) mass is 364 g/mol. The third-order valence-corrected chi connectivity index (χ3v) is 3.96. The van der Waals surface area contributed by atoms with Crippen LogP contribution in [0.1, 0.15) is 5.69 Å². The third kappa shape index (κ3) is 2.95. The Balaban J connectivity index is 1.81. The van der Waals surface area contributed by atoms with Gasteiger partial charge in [-0.25, -0.2) is 14.4 Å². The molecule has 9 heteroatoms. The number of aromatic nitrogens is 5. The summed E-state index contributed by atoms with van der Waals surface area (Å²) in [5.74, 6) is -0.689. The highest BCUT2D eigenvalue weighted by Crippen LogP contribution is 2.14. The zero-order valence-corrected chi connectivity index (χ0v) is 14.0. The van der Waals surface area contributed by atoms with E-state index in [2.05, 4.69) is 27.0 Å². The molecule has 4 aromatic rings. The maximum absolute atomic E-state index is 13.0. The van der Waals surface area contributed by atoms with E-state index in [1.54, 1.807) is 29.0 Å². The third-order valence-electron chi connectivity index (χ3n) is 3.96. The molecule has 4 rings (SSSR count). The second-order valence-electron chi connectivity index (χ2n) is 5.72. The summed E-state index contributed by atoms with van der Waals surface area (Å²) in [5, 5.41) is 7.11. The van der Waals surface area contributed by atoms with Crippen LogP contribution in [0.3, 0.4) is 0 Å². The number of carbonyl (C=O) groups is 1. The zero-order chi connectivity index (χ0) is 19.0. The Kier molecular flexibility index (Phi) is 3.96. The molecular weight excluding hydrogens is 351 g/mol. The number of halogens is 1. The van der Waals surface area contributed by atoms with Gasteiger partial charge in [0.1, 0.15) is 29.5 Å². The molecule has 27 heavy (non-hydrogen) atoms. The summed E-state index contributed by atoms with van der Waals surface area (Å²) in [4.78, 5) is 33.2. The van der Waals surface area contributed by atoms with Crippen molar-refractivity contribution in [2.24, 2.45) is 0 Å². The van der Waals surface area contributed by atoms with Gasteiger partial charge in [0.05, 0.1) is 17.3 Å². The zero-order valence-electron chi connectivity index (χ0n) is 14.0. The number of hydrogen-bond donors (Lipinski definition) is 1. The lowest BCUT2D eigenvalue weighted by Gasteiger charge is -2.12. The summed E-state index contributed by atoms with van der Waals surface area (Å²) in [6.07, 6.45) is 4.06. The molecule has 0 radical (unpaired) electrons. The molecule has 1 amide bonds. The Morgan fingerprint density at radius 2 is 2.15 bits per heavy atom. The van der Waals surface area contributed by atoms with Gasteiger partial charge in [0.2, 0.25) is 5.91 Å². The number of carbonyl (C=O) groups excluding carboxylic acids is 1. The van der Waals surface area contributed by atoms with Crippen LogP contribution in [-0.4, -0.2) is 30.1 Å².